The molecule has 1 heterocycles. The Labute approximate surface area is 113 Å². The highest BCUT2D eigenvalue weighted by atomic mass is 35.5. The summed E-state index contributed by atoms with van der Waals surface area (Å²) in [7, 11) is 0. The largest absolute Gasteiger partial charge is 0.448 e. The van der Waals surface area contributed by atoms with Crippen molar-refractivity contribution in [3.8, 4) is 0 Å². The van der Waals surface area contributed by atoms with Crippen LogP contribution in [0.25, 0.3) is 0 Å². The van der Waals surface area contributed by atoms with Crippen molar-refractivity contribution in [3.05, 3.63) is 58.5 Å². The van der Waals surface area contributed by atoms with Crippen LogP contribution >= 0.6 is 11.6 Å². The third-order valence-electron chi connectivity index (χ3n) is 3.04. The highest BCUT2D eigenvalue weighted by Gasteiger charge is 2.16. The zero-order chi connectivity index (χ0) is 13.3. The Bertz CT molecular complexity index is 522. The molecule has 2 aromatic rings. The second-order valence-corrected chi connectivity index (χ2v) is 5.86. The van der Waals surface area contributed by atoms with Gasteiger partial charge in [-0.25, -0.2) is 0 Å². The second-order valence-electron chi connectivity index (χ2n) is 5.49. The smallest absolute Gasteiger partial charge is 0.193 e. The lowest BCUT2D eigenvalue weighted by molar-refractivity contribution is 0.491. The first kappa shape index (κ1) is 13.2. The Morgan fingerprint density at radius 1 is 1.06 bits per heavy atom. The molecule has 1 unspecified atom stereocenters. The van der Waals surface area contributed by atoms with Crippen LogP contribution in [0.2, 0.25) is 5.22 Å². The molecule has 2 rings (SSSR count). The molecule has 0 aliphatic rings. The molecule has 2 nitrogen and oxygen atoms in total. The first-order valence-electron chi connectivity index (χ1n) is 5.99. The summed E-state index contributed by atoms with van der Waals surface area (Å²) in [5.74, 6) is 0.684. The summed E-state index contributed by atoms with van der Waals surface area (Å²) in [5.41, 5.74) is 8.60. The maximum atomic E-state index is 6.14. The van der Waals surface area contributed by atoms with E-state index in [-0.39, 0.29) is 11.5 Å². The quantitative estimate of drug-likeness (QED) is 0.878. The van der Waals surface area contributed by atoms with Crippen molar-refractivity contribution in [1.82, 2.24) is 0 Å². The molecule has 0 bridgehead atoms. The van der Waals surface area contributed by atoms with E-state index in [1.54, 1.807) is 6.07 Å². The molecule has 0 radical (unpaired) electrons. The van der Waals surface area contributed by atoms with Gasteiger partial charge in [-0.15, -0.1) is 0 Å². The molecule has 0 spiro atoms. The van der Waals surface area contributed by atoms with Crippen LogP contribution in [0, 0.1) is 0 Å². The van der Waals surface area contributed by atoms with E-state index in [1.165, 1.54) is 5.56 Å². The standard InChI is InChI=1S/C15H18ClNO/c1-15(2,3)11-6-4-10(5-7-11)14(17)12-8-9-13(16)18-12/h4-9,14H,17H2,1-3H3. The molecule has 0 amide bonds. The summed E-state index contributed by atoms with van der Waals surface area (Å²) in [5, 5.41) is 0.367. The fourth-order valence-electron chi connectivity index (χ4n) is 1.85. The molecule has 0 aliphatic heterocycles. The average molecular weight is 264 g/mol. The van der Waals surface area contributed by atoms with Crippen molar-refractivity contribution in [1.29, 1.82) is 0 Å². The summed E-state index contributed by atoms with van der Waals surface area (Å²) in [6.45, 7) is 6.57. The lowest BCUT2D eigenvalue weighted by Gasteiger charge is -2.20. The predicted octanol–water partition coefficient (Wildman–Crippen LogP) is 4.28. The number of hydrogen-bond donors (Lipinski definition) is 1. The molecule has 96 valence electrons. The number of halogens is 1. The molecule has 0 aliphatic carbocycles. The average Bonchev–Trinajstić information content (AvgIpc) is 2.74. The summed E-state index contributed by atoms with van der Waals surface area (Å²) < 4.78 is 5.34. The Hall–Kier alpha value is -1.25. The van der Waals surface area contributed by atoms with Gasteiger partial charge >= 0.3 is 0 Å². The maximum Gasteiger partial charge on any atom is 0.193 e. The molecule has 1 atom stereocenters. The van der Waals surface area contributed by atoms with E-state index in [0.717, 1.165) is 5.56 Å². The molecule has 0 fully saturated rings. The molecule has 2 N–H and O–H groups in total. The van der Waals surface area contributed by atoms with Gasteiger partial charge in [0.25, 0.3) is 0 Å². The molecule has 1 aromatic carbocycles. The van der Waals surface area contributed by atoms with E-state index in [0.29, 0.717) is 11.0 Å². The summed E-state index contributed by atoms with van der Waals surface area (Å²) in [6, 6.07) is 11.6. The molecular weight excluding hydrogens is 246 g/mol. The van der Waals surface area contributed by atoms with E-state index in [4.69, 9.17) is 21.8 Å². The van der Waals surface area contributed by atoms with Crippen molar-refractivity contribution in [2.75, 3.05) is 0 Å². The van der Waals surface area contributed by atoms with Crippen LogP contribution in [-0.2, 0) is 5.41 Å². The fourth-order valence-corrected chi connectivity index (χ4v) is 2.00. The molecule has 3 heteroatoms. The minimum Gasteiger partial charge on any atom is -0.448 e. The highest BCUT2D eigenvalue weighted by molar-refractivity contribution is 6.28. The first-order chi connectivity index (χ1) is 8.38. The third-order valence-corrected chi connectivity index (χ3v) is 3.24. The Kier molecular flexibility index (Phi) is 3.51. The topological polar surface area (TPSA) is 39.2 Å². The fraction of sp³-hybridized carbons (Fsp3) is 0.333. The van der Waals surface area contributed by atoms with Gasteiger partial charge in [0.2, 0.25) is 0 Å². The van der Waals surface area contributed by atoms with Crippen LogP contribution in [0.4, 0.5) is 0 Å². The van der Waals surface area contributed by atoms with Gasteiger partial charge in [-0.05, 0) is 40.3 Å². The second kappa shape index (κ2) is 4.79. The van der Waals surface area contributed by atoms with Gasteiger partial charge in [-0.3, -0.25) is 0 Å². The van der Waals surface area contributed by atoms with Crippen LogP contribution in [0.1, 0.15) is 43.7 Å². The van der Waals surface area contributed by atoms with Gasteiger partial charge in [0.15, 0.2) is 5.22 Å². The first-order valence-corrected chi connectivity index (χ1v) is 6.37. The van der Waals surface area contributed by atoms with Crippen LogP contribution in [-0.4, -0.2) is 0 Å². The minimum absolute atomic E-state index is 0.149. The Morgan fingerprint density at radius 3 is 2.11 bits per heavy atom. The number of benzene rings is 1. The zero-order valence-corrected chi connectivity index (χ0v) is 11.7. The van der Waals surface area contributed by atoms with E-state index >= 15 is 0 Å². The van der Waals surface area contributed by atoms with Gasteiger partial charge in [0.05, 0.1) is 6.04 Å². The van der Waals surface area contributed by atoms with Crippen molar-refractivity contribution >= 4 is 11.6 Å². The molecular formula is C15H18ClNO. The third kappa shape index (κ3) is 2.77. The molecule has 1 aromatic heterocycles. The van der Waals surface area contributed by atoms with Gasteiger partial charge < -0.3 is 10.2 Å². The summed E-state index contributed by atoms with van der Waals surface area (Å²) >= 11 is 5.75. The van der Waals surface area contributed by atoms with Crippen molar-refractivity contribution in [2.24, 2.45) is 5.73 Å². The maximum absolute atomic E-state index is 6.14. The van der Waals surface area contributed by atoms with E-state index in [9.17, 15) is 0 Å². The summed E-state index contributed by atoms with van der Waals surface area (Å²) in [4.78, 5) is 0. The normalized spacial score (nSPS) is 13.6. The summed E-state index contributed by atoms with van der Waals surface area (Å²) in [6.07, 6.45) is 0. The minimum atomic E-state index is -0.272. The van der Waals surface area contributed by atoms with Crippen LogP contribution in [0.5, 0.6) is 0 Å². The van der Waals surface area contributed by atoms with Gasteiger partial charge in [-0.1, -0.05) is 45.0 Å². The molecule has 0 saturated heterocycles. The highest BCUT2D eigenvalue weighted by Crippen LogP contribution is 2.27. The van der Waals surface area contributed by atoms with Crippen LogP contribution in [0.15, 0.2) is 40.8 Å². The number of furan rings is 1. The number of hydrogen-bond acceptors (Lipinski definition) is 2. The van der Waals surface area contributed by atoms with Gasteiger partial charge in [-0.2, -0.15) is 0 Å². The lowest BCUT2D eigenvalue weighted by atomic mass is 9.86. The Morgan fingerprint density at radius 2 is 1.67 bits per heavy atom. The van der Waals surface area contributed by atoms with E-state index in [1.807, 2.05) is 18.2 Å². The lowest BCUT2D eigenvalue weighted by Crippen LogP contribution is -2.13. The number of nitrogens with two attached hydrogens (primary N) is 1. The van der Waals surface area contributed by atoms with E-state index in [2.05, 4.69) is 32.9 Å². The van der Waals surface area contributed by atoms with Crippen molar-refractivity contribution < 1.29 is 4.42 Å². The SMILES string of the molecule is CC(C)(C)c1ccc(C(N)c2ccc(Cl)o2)cc1. The van der Waals surface area contributed by atoms with Crippen LogP contribution in [0.3, 0.4) is 0 Å². The van der Waals surface area contributed by atoms with Crippen molar-refractivity contribution in [3.63, 3.8) is 0 Å². The van der Waals surface area contributed by atoms with Gasteiger partial charge in [0, 0.05) is 0 Å². The zero-order valence-electron chi connectivity index (χ0n) is 10.9. The van der Waals surface area contributed by atoms with Crippen molar-refractivity contribution in [2.45, 2.75) is 32.2 Å². The van der Waals surface area contributed by atoms with Gasteiger partial charge in [0.1, 0.15) is 5.76 Å². The van der Waals surface area contributed by atoms with Crippen LogP contribution < -0.4 is 5.73 Å². The monoisotopic (exact) mass is 263 g/mol. The molecule has 18 heavy (non-hydrogen) atoms. The number of rotatable bonds is 2. The predicted molar refractivity (Wildman–Crippen MR) is 74.9 cm³/mol. The van der Waals surface area contributed by atoms with E-state index < -0.39 is 0 Å². The molecule has 0 saturated carbocycles. The Balaban J connectivity index is 2.24.